The van der Waals surface area contributed by atoms with Crippen molar-refractivity contribution in [1.29, 1.82) is 0 Å². The van der Waals surface area contributed by atoms with Crippen LogP contribution in [0.15, 0.2) is 120 Å². The van der Waals surface area contributed by atoms with Crippen molar-refractivity contribution in [2.45, 2.75) is 114 Å². The predicted molar refractivity (Wildman–Crippen MR) is 262 cm³/mol. The van der Waals surface area contributed by atoms with E-state index in [0.29, 0.717) is 59.5 Å². The molecule has 4 aromatic carbocycles. The van der Waals surface area contributed by atoms with E-state index >= 15 is 4.79 Å². The summed E-state index contributed by atoms with van der Waals surface area (Å²) in [4.78, 5) is 35.5. The first-order valence-corrected chi connectivity index (χ1v) is 25.1. The lowest BCUT2D eigenvalue weighted by Gasteiger charge is -2.60. The van der Waals surface area contributed by atoms with Crippen molar-refractivity contribution in [2.75, 3.05) is 26.6 Å². The smallest absolute Gasteiger partial charge is 0.239 e. The Kier molecular flexibility index (Phi) is 15.8. The zero-order valence-corrected chi connectivity index (χ0v) is 39.6. The van der Waals surface area contributed by atoms with Gasteiger partial charge in [-0.1, -0.05) is 104 Å². The third kappa shape index (κ3) is 10.8. The van der Waals surface area contributed by atoms with Crippen LogP contribution in [0.2, 0.25) is 0 Å². The molecule has 0 bridgehead atoms. The van der Waals surface area contributed by atoms with Gasteiger partial charge < -0.3 is 43.6 Å². The molecule has 364 valence electrons. The van der Waals surface area contributed by atoms with E-state index < -0.39 is 17.7 Å². The highest BCUT2D eigenvalue weighted by atomic mass is 16.7. The zero-order valence-electron chi connectivity index (χ0n) is 39.6. The Bertz CT molecular complexity index is 2470. The molecule has 12 heteroatoms. The molecule has 1 amide bonds. The summed E-state index contributed by atoms with van der Waals surface area (Å²) in [6.07, 6.45) is 15.5. The maximum Gasteiger partial charge on any atom is 0.239 e. The lowest BCUT2D eigenvalue weighted by molar-refractivity contribution is -0.258. The molecular formula is C57H66N2O10. The van der Waals surface area contributed by atoms with Gasteiger partial charge in [-0.3, -0.25) is 9.59 Å². The summed E-state index contributed by atoms with van der Waals surface area (Å²) in [7, 11) is 0. The third-order valence-electron chi connectivity index (χ3n) is 14.9. The molecule has 0 unspecified atom stereocenters. The molecule has 4 aromatic rings. The fourth-order valence-electron chi connectivity index (χ4n) is 11.6. The number of fused-ring (bicyclic) bond motifs is 3. The van der Waals surface area contributed by atoms with E-state index in [0.717, 1.165) is 79.2 Å². The molecule has 6 atom stereocenters. The number of nitrogens with zero attached hydrogens (tertiary/aromatic N) is 2. The maximum absolute atomic E-state index is 15.4. The first-order valence-electron chi connectivity index (χ1n) is 25.1. The van der Waals surface area contributed by atoms with Crippen molar-refractivity contribution in [3.63, 3.8) is 0 Å². The van der Waals surface area contributed by atoms with Crippen LogP contribution in [-0.2, 0) is 27.5 Å². The number of ether oxygens (including phenoxy) is 5. The summed E-state index contributed by atoms with van der Waals surface area (Å²) in [5.74, 6) is 1.46. The number of hydrogen-bond acceptors (Lipinski definition) is 11. The Balaban J connectivity index is 1.23. The van der Waals surface area contributed by atoms with Gasteiger partial charge in [-0.2, -0.15) is 0 Å². The van der Waals surface area contributed by atoms with Crippen molar-refractivity contribution in [3.05, 3.63) is 138 Å². The van der Waals surface area contributed by atoms with Crippen molar-refractivity contribution in [1.82, 2.24) is 4.90 Å². The van der Waals surface area contributed by atoms with E-state index in [4.69, 9.17) is 33.7 Å². The minimum atomic E-state index is -1.43. The van der Waals surface area contributed by atoms with Gasteiger partial charge in [0.05, 0.1) is 18.2 Å². The standard InChI is InChI=1S/C57H66N2O10/c1-2-29-66-57-53(59(54(63)26-22-39-13-6-7-14-39)35-41-21-24-51-52(31-41)65-38-64-51)34-49(58-67-37-40-15-4-3-5-16-40)47-32-43(18-8-10-27-60)46(20-9-11-28-61)55(56(47)57)48-33-45(23-25-50(48)69-57)68-44-19-12-17-42(30-44)36-62/h2-5,12,15-17,19,21,23-25,30-33,36,39,43,46,53,55-56,60-61H,1,6-11,13-14,18,20,22,26-29,34-35,37-38H2/t43-,46+,53-,55+,56+,57+/m0/s1. The highest BCUT2D eigenvalue weighted by Crippen LogP contribution is 2.62. The van der Waals surface area contributed by atoms with E-state index in [1.54, 1.807) is 24.3 Å². The van der Waals surface area contributed by atoms with E-state index in [1.807, 2.05) is 71.6 Å². The molecular weight excluding hydrogens is 873 g/mol. The van der Waals surface area contributed by atoms with Crippen molar-refractivity contribution < 1.29 is 48.3 Å². The lowest BCUT2D eigenvalue weighted by atomic mass is 9.55. The van der Waals surface area contributed by atoms with Crippen LogP contribution >= 0.6 is 0 Å². The van der Waals surface area contributed by atoms with Gasteiger partial charge in [-0.05, 0) is 109 Å². The van der Waals surface area contributed by atoms with Crippen LogP contribution in [0.3, 0.4) is 0 Å². The third-order valence-corrected chi connectivity index (χ3v) is 14.9. The largest absolute Gasteiger partial charge is 0.459 e. The molecule has 2 aliphatic heterocycles. The highest BCUT2D eigenvalue weighted by molar-refractivity contribution is 6.03. The van der Waals surface area contributed by atoms with Gasteiger partial charge in [0.15, 0.2) is 11.5 Å². The van der Waals surface area contributed by atoms with Gasteiger partial charge in [-0.25, -0.2) is 0 Å². The van der Waals surface area contributed by atoms with Crippen LogP contribution < -0.4 is 18.9 Å². The molecule has 9 rings (SSSR count). The van der Waals surface area contributed by atoms with Gasteiger partial charge in [0.25, 0.3) is 0 Å². The number of unbranched alkanes of at least 4 members (excludes halogenated alkanes) is 2. The van der Waals surface area contributed by atoms with Crippen LogP contribution in [0.4, 0.5) is 0 Å². The number of carbonyl (C=O) groups is 2. The van der Waals surface area contributed by atoms with Crippen molar-refractivity contribution in [2.24, 2.45) is 28.8 Å². The first-order chi connectivity index (χ1) is 33.9. The number of aliphatic hydroxyl groups excluding tert-OH is 2. The van der Waals surface area contributed by atoms with Crippen molar-refractivity contribution >= 4 is 17.9 Å². The normalized spacial score (nSPS) is 23.9. The molecule has 3 aliphatic carbocycles. The molecule has 5 aliphatic rings. The summed E-state index contributed by atoms with van der Waals surface area (Å²) < 4.78 is 32.9. The topological polar surface area (TPSA) is 146 Å². The molecule has 2 heterocycles. The second kappa shape index (κ2) is 22.6. The second-order valence-electron chi connectivity index (χ2n) is 19.2. The second-order valence-corrected chi connectivity index (χ2v) is 19.2. The molecule has 12 nitrogen and oxygen atoms in total. The Labute approximate surface area is 405 Å². The number of oxime groups is 1. The zero-order chi connectivity index (χ0) is 47.6. The molecule has 0 spiro atoms. The minimum absolute atomic E-state index is 0.00700. The number of aliphatic hydroxyl groups is 2. The summed E-state index contributed by atoms with van der Waals surface area (Å²) in [6, 6.07) is 28.1. The van der Waals surface area contributed by atoms with Crippen LogP contribution in [0.1, 0.15) is 116 Å². The molecule has 0 radical (unpaired) electrons. The van der Waals surface area contributed by atoms with Gasteiger partial charge in [0.1, 0.15) is 36.2 Å². The quantitative estimate of drug-likeness (QED) is 0.0319. The van der Waals surface area contributed by atoms with Crippen LogP contribution in [0.25, 0.3) is 0 Å². The van der Waals surface area contributed by atoms with E-state index in [1.165, 1.54) is 12.8 Å². The molecule has 2 saturated carbocycles. The van der Waals surface area contributed by atoms with E-state index in [9.17, 15) is 15.0 Å². The van der Waals surface area contributed by atoms with Crippen LogP contribution in [-0.4, -0.2) is 71.5 Å². The highest BCUT2D eigenvalue weighted by Gasteiger charge is 2.65. The van der Waals surface area contributed by atoms with E-state index in [-0.39, 0.29) is 69.8 Å². The lowest BCUT2D eigenvalue weighted by Crippen LogP contribution is -2.70. The van der Waals surface area contributed by atoms with Gasteiger partial charge in [0, 0.05) is 49.6 Å². The molecule has 0 aromatic heterocycles. The summed E-state index contributed by atoms with van der Waals surface area (Å²) in [5, 5.41) is 25.2. The van der Waals surface area contributed by atoms with Gasteiger partial charge >= 0.3 is 0 Å². The van der Waals surface area contributed by atoms with Crippen LogP contribution in [0.5, 0.6) is 28.7 Å². The monoisotopic (exact) mass is 938 g/mol. The number of benzene rings is 4. The number of allylic oxidation sites excluding steroid dienone is 1. The maximum atomic E-state index is 15.4. The summed E-state index contributed by atoms with van der Waals surface area (Å²) in [5.41, 5.74) is 5.00. The number of amides is 1. The number of aldehydes is 1. The van der Waals surface area contributed by atoms with Crippen LogP contribution in [0, 0.1) is 23.7 Å². The number of carbonyl (C=O) groups excluding carboxylic acids is 2. The average Bonchev–Trinajstić information content (AvgIpc) is 4.09. The van der Waals surface area contributed by atoms with Gasteiger partial charge in [0.2, 0.25) is 18.5 Å². The summed E-state index contributed by atoms with van der Waals surface area (Å²) in [6.45, 7) is 5.09. The molecule has 69 heavy (non-hydrogen) atoms. The van der Waals surface area contributed by atoms with E-state index in [2.05, 4.69) is 18.7 Å². The van der Waals surface area contributed by atoms with Gasteiger partial charge in [-0.15, -0.1) is 6.58 Å². The fourth-order valence-corrected chi connectivity index (χ4v) is 11.6. The molecule has 2 fully saturated rings. The Morgan fingerprint density at radius 3 is 2.42 bits per heavy atom. The Morgan fingerprint density at radius 2 is 1.62 bits per heavy atom. The number of rotatable bonds is 23. The fraction of sp³-hybridized carbons (Fsp3) is 0.456. The summed E-state index contributed by atoms with van der Waals surface area (Å²) >= 11 is 0. The molecule has 0 saturated heterocycles. The minimum Gasteiger partial charge on any atom is -0.459 e. The number of hydrogen-bond donors (Lipinski definition) is 2. The average molecular weight is 939 g/mol. The van der Waals surface area contributed by atoms with Crippen molar-refractivity contribution in [3.8, 4) is 28.7 Å². The first kappa shape index (κ1) is 48.1. The molecule has 2 N–H and O–H groups in total. The Hall–Kier alpha value is -5.95. The SMILES string of the molecule is C=CCO[C@@]12Oc3ccc(Oc4cccc(C=O)c4)cc3[C@H]3[C@H](CCCCO)[C@@H](CCCCO)C=C(C(=NOCc4ccccc4)C[C@@H]1N(Cc1ccc4c(c1)OCO4)C(=O)CCC1CCCC1)[C@H]32. The predicted octanol–water partition coefficient (Wildman–Crippen LogP) is 10.9. The Morgan fingerprint density at radius 1 is 0.841 bits per heavy atom.